The Bertz CT molecular complexity index is 477. The highest BCUT2D eigenvalue weighted by molar-refractivity contribution is 6.01. The van der Waals surface area contributed by atoms with Crippen LogP contribution in [0.3, 0.4) is 0 Å². The molecule has 1 heterocycles. The average Bonchev–Trinajstić information content (AvgIpc) is 2.55. The van der Waals surface area contributed by atoms with Crippen LogP contribution in [0.2, 0.25) is 0 Å². The lowest BCUT2D eigenvalue weighted by molar-refractivity contribution is 0.0944. The molecule has 0 bridgehead atoms. The van der Waals surface area contributed by atoms with Crippen molar-refractivity contribution in [3.05, 3.63) is 17.0 Å². The van der Waals surface area contributed by atoms with E-state index in [0.29, 0.717) is 24.4 Å². The van der Waals surface area contributed by atoms with Gasteiger partial charge < -0.3 is 5.32 Å². The van der Waals surface area contributed by atoms with Gasteiger partial charge in [0, 0.05) is 25.6 Å². The van der Waals surface area contributed by atoms with Gasteiger partial charge in [-0.3, -0.25) is 14.3 Å². The molecule has 5 heteroatoms. The third kappa shape index (κ3) is 2.30. The van der Waals surface area contributed by atoms with E-state index in [9.17, 15) is 9.59 Å². The first-order valence-electron chi connectivity index (χ1n) is 6.52. The molecule has 0 saturated heterocycles. The predicted octanol–water partition coefficient (Wildman–Crippen LogP) is 1.47. The Morgan fingerprint density at radius 3 is 2.83 bits per heavy atom. The molecule has 1 N–H and O–H groups in total. The second kappa shape index (κ2) is 5.33. The molecule has 18 heavy (non-hydrogen) atoms. The first-order valence-corrected chi connectivity index (χ1v) is 6.52. The fourth-order valence-electron chi connectivity index (χ4n) is 2.36. The van der Waals surface area contributed by atoms with Crippen LogP contribution in [0, 0.1) is 0 Å². The maximum absolute atomic E-state index is 12.0. The summed E-state index contributed by atoms with van der Waals surface area (Å²) in [4.78, 5) is 24.0. The van der Waals surface area contributed by atoms with Gasteiger partial charge in [-0.25, -0.2) is 0 Å². The lowest BCUT2D eigenvalue weighted by Gasteiger charge is -2.02. The number of aromatic nitrogens is 2. The van der Waals surface area contributed by atoms with E-state index in [1.54, 1.807) is 11.7 Å². The molecule has 0 fully saturated rings. The number of aryl methyl sites for hydroxylation is 1. The van der Waals surface area contributed by atoms with Crippen LogP contribution in [-0.2, 0) is 13.5 Å². The Morgan fingerprint density at radius 1 is 1.39 bits per heavy atom. The Labute approximate surface area is 107 Å². The van der Waals surface area contributed by atoms with Gasteiger partial charge in [0.15, 0.2) is 11.5 Å². The SMILES string of the molecule is CCCNC(=O)c1nn(C)c2c1CCCCC2=O. The van der Waals surface area contributed by atoms with Crippen molar-refractivity contribution in [1.82, 2.24) is 15.1 Å². The van der Waals surface area contributed by atoms with Crippen molar-refractivity contribution in [1.29, 1.82) is 0 Å². The number of hydrogen-bond donors (Lipinski definition) is 1. The standard InChI is InChI=1S/C13H19N3O2/c1-3-8-14-13(18)11-9-6-4-5-7-10(17)12(9)16(2)15-11/h3-8H2,1-2H3,(H,14,18). The summed E-state index contributed by atoms with van der Waals surface area (Å²) in [6.07, 6.45) is 4.05. The molecule has 1 aromatic rings. The molecule has 0 saturated carbocycles. The zero-order chi connectivity index (χ0) is 13.1. The summed E-state index contributed by atoms with van der Waals surface area (Å²) in [5.74, 6) is -0.0598. The molecule has 0 aromatic carbocycles. The van der Waals surface area contributed by atoms with Crippen molar-refractivity contribution < 1.29 is 9.59 Å². The molecule has 5 nitrogen and oxygen atoms in total. The zero-order valence-electron chi connectivity index (χ0n) is 11.0. The molecule has 1 aliphatic rings. The van der Waals surface area contributed by atoms with E-state index in [4.69, 9.17) is 0 Å². The van der Waals surface area contributed by atoms with Crippen molar-refractivity contribution in [2.24, 2.45) is 7.05 Å². The van der Waals surface area contributed by atoms with Gasteiger partial charge in [-0.1, -0.05) is 6.92 Å². The number of nitrogens with zero attached hydrogens (tertiary/aromatic N) is 2. The van der Waals surface area contributed by atoms with Crippen LogP contribution < -0.4 is 5.32 Å². The van der Waals surface area contributed by atoms with Gasteiger partial charge >= 0.3 is 0 Å². The van der Waals surface area contributed by atoms with Crippen LogP contribution in [0.15, 0.2) is 0 Å². The lowest BCUT2D eigenvalue weighted by atomic mass is 10.1. The summed E-state index contributed by atoms with van der Waals surface area (Å²) in [5, 5.41) is 7.04. The summed E-state index contributed by atoms with van der Waals surface area (Å²) >= 11 is 0. The summed E-state index contributed by atoms with van der Waals surface area (Å²) < 4.78 is 1.56. The number of carbonyl (C=O) groups is 2. The molecular weight excluding hydrogens is 230 g/mol. The number of hydrogen-bond acceptors (Lipinski definition) is 3. The van der Waals surface area contributed by atoms with E-state index in [-0.39, 0.29) is 11.7 Å². The molecule has 1 aliphatic carbocycles. The van der Waals surface area contributed by atoms with E-state index in [2.05, 4.69) is 10.4 Å². The number of Topliss-reactive ketones (excluding diaryl/α,β-unsaturated/α-hetero) is 1. The van der Waals surface area contributed by atoms with Crippen LogP contribution in [-0.4, -0.2) is 28.0 Å². The van der Waals surface area contributed by atoms with Crippen LogP contribution in [0.5, 0.6) is 0 Å². The highest BCUT2D eigenvalue weighted by atomic mass is 16.2. The highest BCUT2D eigenvalue weighted by Crippen LogP contribution is 2.23. The van der Waals surface area contributed by atoms with Crippen LogP contribution in [0.25, 0.3) is 0 Å². The summed E-state index contributed by atoms with van der Waals surface area (Å²) in [5.41, 5.74) is 1.87. The van der Waals surface area contributed by atoms with Crippen molar-refractivity contribution in [3.8, 4) is 0 Å². The van der Waals surface area contributed by atoms with Gasteiger partial charge in [-0.15, -0.1) is 0 Å². The second-order valence-electron chi connectivity index (χ2n) is 4.69. The molecular formula is C13H19N3O2. The van der Waals surface area contributed by atoms with Gasteiger partial charge in [0.2, 0.25) is 0 Å². The zero-order valence-corrected chi connectivity index (χ0v) is 11.0. The second-order valence-corrected chi connectivity index (χ2v) is 4.69. The number of ketones is 1. The molecule has 2 rings (SSSR count). The predicted molar refractivity (Wildman–Crippen MR) is 67.7 cm³/mol. The van der Waals surface area contributed by atoms with Crippen molar-refractivity contribution in [3.63, 3.8) is 0 Å². The van der Waals surface area contributed by atoms with Gasteiger partial charge in [0.25, 0.3) is 5.91 Å². The van der Waals surface area contributed by atoms with Crippen LogP contribution >= 0.6 is 0 Å². The third-order valence-electron chi connectivity index (χ3n) is 3.24. The monoisotopic (exact) mass is 249 g/mol. The van der Waals surface area contributed by atoms with Crippen molar-refractivity contribution in [2.45, 2.75) is 39.0 Å². The number of rotatable bonds is 3. The van der Waals surface area contributed by atoms with Gasteiger partial charge in [-0.05, 0) is 25.7 Å². The van der Waals surface area contributed by atoms with E-state index in [1.807, 2.05) is 6.92 Å². The third-order valence-corrected chi connectivity index (χ3v) is 3.24. The Morgan fingerprint density at radius 2 is 2.11 bits per heavy atom. The molecule has 0 spiro atoms. The first-order chi connectivity index (χ1) is 8.65. The fourth-order valence-corrected chi connectivity index (χ4v) is 2.36. The molecule has 0 atom stereocenters. The van der Waals surface area contributed by atoms with Gasteiger partial charge in [0.1, 0.15) is 5.69 Å². The summed E-state index contributed by atoms with van der Waals surface area (Å²) in [7, 11) is 1.73. The Balaban J connectivity index is 2.35. The topological polar surface area (TPSA) is 64.0 Å². The fraction of sp³-hybridized carbons (Fsp3) is 0.615. The quantitative estimate of drug-likeness (QED) is 0.825. The van der Waals surface area contributed by atoms with Gasteiger partial charge in [-0.2, -0.15) is 5.10 Å². The minimum atomic E-state index is -0.164. The smallest absolute Gasteiger partial charge is 0.272 e. The lowest BCUT2D eigenvalue weighted by Crippen LogP contribution is -2.25. The highest BCUT2D eigenvalue weighted by Gasteiger charge is 2.26. The number of nitrogens with one attached hydrogen (secondary N) is 1. The van der Waals surface area contributed by atoms with E-state index in [1.165, 1.54) is 0 Å². The average molecular weight is 249 g/mol. The summed E-state index contributed by atoms with van der Waals surface area (Å²) in [6.45, 7) is 2.64. The maximum atomic E-state index is 12.0. The van der Waals surface area contributed by atoms with Crippen LogP contribution in [0.4, 0.5) is 0 Å². The number of amides is 1. The van der Waals surface area contributed by atoms with E-state index < -0.39 is 0 Å². The van der Waals surface area contributed by atoms with Gasteiger partial charge in [0.05, 0.1) is 0 Å². The van der Waals surface area contributed by atoms with Crippen molar-refractivity contribution in [2.75, 3.05) is 6.54 Å². The Kier molecular flexibility index (Phi) is 3.79. The minimum absolute atomic E-state index is 0.104. The molecule has 0 unspecified atom stereocenters. The van der Waals surface area contributed by atoms with Crippen molar-refractivity contribution >= 4 is 11.7 Å². The first kappa shape index (κ1) is 12.8. The normalized spacial score (nSPS) is 15.1. The largest absolute Gasteiger partial charge is 0.351 e. The van der Waals surface area contributed by atoms with Crippen LogP contribution in [0.1, 0.15) is 59.1 Å². The molecule has 1 aromatic heterocycles. The Hall–Kier alpha value is -1.65. The number of fused-ring (bicyclic) bond motifs is 1. The molecule has 0 aliphatic heterocycles. The maximum Gasteiger partial charge on any atom is 0.272 e. The molecule has 98 valence electrons. The number of carbonyl (C=O) groups excluding carboxylic acids is 2. The molecule has 1 amide bonds. The van der Waals surface area contributed by atoms with E-state index >= 15 is 0 Å². The minimum Gasteiger partial charge on any atom is -0.351 e. The summed E-state index contributed by atoms with van der Waals surface area (Å²) in [6, 6.07) is 0. The van der Waals surface area contributed by atoms with E-state index in [0.717, 1.165) is 31.2 Å². The molecule has 0 radical (unpaired) electrons.